The molecule has 1 heterocycles. The zero-order valence-corrected chi connectivity index (χ0v) is 15.4. The van der Waals surface area contributed by atoms with Gasteiger partial charge in [0.2, 0.25) is 0 Å². The van der Waals surface area contributed by atoms with Crippen LogP contribution in [0.1, 0.15) is 27.7 Å². The summed E-state index contributed by atoms with van der Waals surface area (Å²) in [6.07, 6.45) is -1.65. The molecule has 0 spiro atoms. The first-order chi connectivity index (χ1) is 10.1. The molecule has 1 aliphatic rings. The standard InChI is InChI=1S/C13H21BrN2O5S/c1-5-20-9(10-15-7(14)6-22-10)8(11(17)18)16-12(19)21-13(2,3)4/h7-9H,5-6H2,1-4H3,(H,16,19)(H,17,18)/t7?,8-,9-/m0/s1. The number of alkyl carbamates (subject to hydrolysis) is 1. The maximum absolute atomic E-state index is 11.9. The number of halogens is 1. The van der Waals surface area contributed by atoms with Crippen LogP contribution in [0.4, 0.5) is 4.79 Å². The molecule has 9 heteroatoms. The Kier molecular flexibility index (Phi) is 7.14. The molecule has 1 amide bonds. The van der Waals surface area contributed by atoms with Gasteiger partial charge >= 0.3 is 12.1 Å². The second-order valence-corrected chi connectivity index (χ2v) is 7.65. The van der Waals surface area contributed by atoms with Crippen LogP contribution in [0.25, 0.3) is 0 Å². The summed E-state index contributed by atoms with van der Waals surface area (Å²) >= 11 is 4.76. The van der Waals surface area contributed by atoms with Crippen molar-refractivity contribution >= 4 is 44.8 Å². The molecular weight excluding hydrogens is 376 g/mol. The van der Waals surface area contributed by atoms with Crippen molar-refractivity contribution in [1.82, 2.24) is 5.32 Å². The fourth-order valence-electron chi connectivity index (χ4n) is 1.71. The van der Waals surface area contributed by atoms with Gasteiger partial charge in [0, 0.05) is 12.4 Å². The number of carboxylic acid groups (broad SMARTS) is 1. The van der Waals surface area contributed by atoms with Crippen molar-refractivity contribution in [3.63, 3.8) is 0 Å². The van der Waals surface area contributed by atoms with E-state index in [0.29, 0.717) is 17.4 Å². The topological polar surface area (TPSA) is 97.2 Å². The summed E-state index contributed by atoms with van der Waals surface area (Å²) < 4.78 is 10.6. The van der Waals surface area contributed by atoms with Crippen LogP contribution in [0.3, 0.4) is 0 Å². The smallest absolute Gasteiger partial charge is 0.408 e. The Bertz CT molecular complexity index is 452. The SMILES string of the molecule is CCO[C@H](C1=NC(Br)CS1)[C@H](NC(=O)OC(C)(C)C)C(=O)O. The number of nitrogens with one attached hydrogen (secondary N) is 1. The van der Waals surface area contributed by atoms with Crippen LogP contribution in [0.5, 0.6) is 0 Å². The Morgan fingerprint density at radius 2 is 2.18 bits per heavy atom. The summed E-state index contributed by atoms with van der Waals surface area (Å²) in [5.41, 5.74) is -0.713. The van der Waals surface area contributed by atoms with E-state index in [1.54, 1.807) is 27.7 Å². The minimum absolute atomic E-state index is 0.0774. The van der Waals surface area contributed by atoms with Crippen LogP contribution in [0.15, 0.2) is 4.99 Å². The number of ether oxygens (including phenoxy) is 2. The number of carboxylic acids is 1. The number of hydrogen-bond acceptors (Lipinski definition) is 6. The average molecular weight is 397 g/mol. The molecule has 0 radical (unpaired) electrons. The molecule has 0 aromatic carbocycles. The highest BCUT2D eigenvalue weighted by Crippen LogP contribution is 2.26. The predicted octanol–water partition coefficient (Wildman–Crippen LogP) is 2.24. The van der Waals surface area contributed by atoms with E-state index in [4.69, 9.17) is 9.47 Å². The largest absolute Gasteiger partial charge is 0.480 e. The molecule has 0 aromatic rings. The number of alkyl halides is 1. The molecule has 2 N–H and O–H groups in total. The van der Waals surface area contributed by atoms with Crippen LogP contribution in [0.2, 0.25) is 0 Å². The molecule has 0 saturated carbocycles. The Morgan fingerprint density at radius 3 is 2.59 bits per heavy atom. The first-order valence-electron chi connectivity index (χ1n) is 6.82. The van der Waals surface area contributed by atoms with Crippen molar-refractivity contribution in [2.75, 3.05) is 12.4 Å². The van der Waals surface area contributed by atoms with E-state index in [-0.39, 0.29) is 4.95 Å². The number of amides is 1. The number of hydrogen-bond donors (Lipinski definition) is 2. The molecule has 126 valence electrons. The van der Waals surface area contributed by atoms with E-state index < -0.39 is 29.8 Å². The van der Waals surface area contributed by atoms with Crippen molar-refractivity contribution in [2.24, 2.45) is 4.99 Å². The molecule has 0 saturated heterocycles. The lowest BCUT2D eigenvalue weighted by Crippen LogP contribution is -2.53. The number of thioether (sulfide) groups is 1. The molecule has 1 unspecified atom stereocenters. The van der Waals surface area contributed by atoms with Crippen molar-refractivity contribution in [3.05, 3.63) is 0 Å². The summed E-state index contributed by atoms with van der Waals surface area (Å²) in [4.78, 5) is 27.6. The van der Waals surface area contributed by atoms with Crippen LogP contribution in [0, 0.1) is 0 Å². The Balaban J connectivity index is 2.88. The average Bonchev–Trinajstić information content (AvgIpc) is 2.77. The Labute approximate surface area is 142 Å². The lowest BCUT2D eigenvalue weighted by atomic mass is 10.1. The lowest BCUT2D eigenvalue weighted by Gasteiger charge is -2.26. The molecule has 1 aliphatic heterocycles. The van der Waals surface area contributed by atoms with Crippen LogP contribution < -0.4 is 5.32 Å². The molecule has 7 nitrogen and oxygen atoms in total. The summed E-state index contributed by atoms with van der Waals surface area (Å²) in [5, 5.41) is 12.3. The van der Waals surface area contributed by atoms with Gasteiger partial charge in [-0.15, -0.1) is 11.8 Å². The van der Waals surface area contributed by atoms with E-state index in [9.17, 15) is 14.7 Å². The van der Waals surface area contributed by atoms with Gasteiger partial charge in [-0.1, -0.05) is 15.9 Å². The third-order valence-corrected chi connectivity index (χ3v) is 4.54. The van der Waals surface area contributed by atoms with Crippen molar-refractivity contribution in [1.29, 1.82) is 0 Å². The summed E-state index contributed by atoms with van der Waals surface area (Å²) in [5.74, 6) is -0.511. The summed E-state index contributed by atoms with van der Waals surface area (Å²) in [6.45, 7) is 7.17. The van der Waals surface area contributed by atoms with E-state index in [0.717, 1.165) is 0 Å². The number of rotatable bonds is 6. The Hall–Kier alpha value is -0.800. The monoisotopic (exact) mass is 396 g/mol. The maximum Gasteiger partial charge on any atom is 0.408 e. The van der Waals surface area contributed by atoms with E-state index in [1.165, 1.54) is 11.8 Å². The second-order valence-electron chi connectivity index (χ2n) is 5.55. The Morgan fingerprint density at radius 1 is 1.55 bits per heavy atom. The highest BCUT2D eigenvalue weighted by atomic mass is 79.9. The van der Waals surface area contributed by atoms with Gasteiger partial charge in [0.1, 0.15) is 21.7 Å². The number of nitrogens with zero attached hydrogens (tertiary/aromatic N) is 1. The molecule has 0 fully saturated rings. The second kappa shape index (κ2) is 8.16. The summed E-state index contributed by atoms with van der Waals surface area (Å²) in [7, 11) is 0. The van der Waals surface area contributed by atoms with E-state index in [1.807, 2.05) is 0 Å². The molecule has 3 atom stereocenters. The normalized spacial score (nSPS) is 21.0. The minimum Gasteiger partial charge on any atom is -0.480 e. The fourth-order valence-corrected chi connectivity index (χ4v) is 3.42. The first kappa shape index (κ1) is 19.2. The third-order valence-electron chi connectivity index (χ3n) is 2.47. The number of aliphatic carboxylic acids is 1. The van der Waals surface area contributed by atoms with Crippen LogP contribution in [-0.2, 0) is 14.3 Å². The summed E-state index contributed by atoms with van der Waals surface area (Å²) in [6, 6.07) is -1.26. The van der Waals surface area contributed by atoms with E-state index >= 15 is 0 Å². The highest BCUT2D eigenvalue weighted by molar-refractivity contribution is 9.09. The van der Waals surface area contributed by atoms with Gasteiger partial charge in [0.05, 0.1) is 0 Å². The van der Waals surface area contributed by atoms with Gasteiger partial charge in [0.25, 0.3) is 0 Å². The third kappa shape index (κ3) is 6.13. The van der Waals surface area contributed by atoms with Gasteiger partial charge in [-0.25, -0.2) is 9.59 Å². The van der Waals surface area contributed by atoms with E-state index in [2.05, 4.69) is 26.2 Å². The van der Waals surface area contributed by atoms with Gasteiger partial charge in [-0.2, -0.15) is 0 Å². The molecule has 1 rings (SSSR count). The zero-order chi connectivity index (χ0) is 16.9. The molecular formula is C13H21BrN2O5S. The number of carbonyl (C=O) groups is 2. The fraction of sp³-hybridized carbons (Fsp3) is 0.769. The molecule has 0 bridgehead atoms. The zero-order valence-electron chi connectivity index (χ0n) is 13.0. The van der Waals surface area contributed by atoms with Crippen LogP contribution >= 0.6 is 27.7 Å². The first-order valence-corrected chi connectivity index (χ1v) is 8.72. The molecule has 22 heavy (non-hydrogen) atoms. The number of aliphatic imine (C=N–C) groups is 1. The van der Waals surface area contributed by atoms with Gasteiger partial charge in [-0.05, 0) is 27.7 Å². The van der Waals surface area contributed by atoms with Crippen molar-refractivity contribution in [2.45, 2.75) is 50.4 Å². The molecule has 0 aliphatic carbocycles. The molecule has 0 aromatic heterocycles. The van der Waals surface area contributed by atoms with Crippen molar-refractivity contribution < 1.29 is 24.2 Å². The van der Waals surface area contributed by atoms with Gasteiger partial charge in [-0.3, -0.25) is 4.99 Å². The minimum atomic E-state index is -1.26. The predicted molar refractivity (Wildman–Crippen MR) is 88.8 cm³/mol. The highest BCUT2D eigenvalue weighted by Gasteiger charge is 2.37. The lowest BCUT2D eigenvalue weighted by molar-refractivity contribution is -0.142. The van der Waals surface area contributed by atoms with Gasteiger partial charge in [0.15, 0.2) is 6.04 Å². The number of carbonyl (C=O) groups excluding carboxylic acids is 1. The van der Waals surface area contributed by atoms with Gasteiger partial charge < -0.3 is 19.9 Å². The maximum atomic E-state index is 11.9. The van der Waals surface area contributed by atoms with Crippen LogP contribution in [-0.4, -0.2) is 57.3 Å². The quantitative estimate of drug-likeness (QED) is 0.527. The van der Waals surface area contributed by atoms with Crippen molar-refractivity contribution in [3.8, 4) is 0 Å².